The molecule has 5 nitrogen and oxygen atoms in total. The molecule has 3 rings (SSSR count). The molecule has 0 aromatic heterocycles. The Labute approximate surface area is 174 Å². The summed E-state index contributed by atoms with van der Waals surface area (Å²) in [6, 6.07) is 5.46. The number of nitrogens with zero attached hydrogens (tertiary/aromatic N) is 1. The number of hydrogen-bond acceptors (Lipinski definition) is 5. The molecule has 0 aliphatic carbocycles. The molecule has 0 spiro atoms. The van der Waals surface area contributed by atoms with Crippen LogP contribution in [0.15, 0.2) is 30.3 Å². The van der Waals surface area contributed by atoms with Crippen LogP contribution in [0.5, 0.6) is 17.2 Å². The van der Waals surface area contributed by atoms with Gasteiger partial charge < -0.3 is 19.1 Å². The van der Waals surface area contributed by atoms with Crippen molar-refractivity contribution in [2.45, 2.75) is 18.1 Å². The first-order valence-electron chi connectivity index (χ1n) is 8.76. The van der Waals surface area contributed by atoms with Gasteiger partial charge in [-0.2, -0.15) is 13.2 Å². The molecule has 1 aliphatic rings. The lowest BCUT2D eigenvalue weighted by molar-refractivity contribution is -0.139. The van der Waals surface area contributed by atoms with Crippen LogP contribution in [-0.2, 0) is 17.5 Å². The zero-order valence-corrected chi connectivity index (χ0v) is 17.2. The number of thioether (sulfide) groups is 1. The molecule has 0 radical (unpaired) electrons. The number of benzene rings is 2. The Balaban J connectivity index is 2.06. The van der Waals surface area contributed by atoms with Crippen molar-refractivity contribution in [2.75, 3.05) is 27.1 Å². The van der Waals surface area contributed by atoms with Gasteiger partial charge >= 0.3 is 6.18 Å². The van der Waals surface area contributed by atoms with E-state index in [-0.39, 0.29) is 23.8 Å². The molecular weight excluding hydrogens is 426 g/mol. The number of hydrogen-bond donors (Lipinski definition) is 0. The SMILES string of the molecule is COc1cc(OC)c(CN2C(=O)CSC2c2cc(F)ccc2C(F)(F)F)c(OC)c1. The van der Waals surface area contributed by atoms with E-state index >= 15 is 0 Å². The van der Waals surface area contributed by atoms with E-state index in [9.17, 15) is 22.4 Å². The molecule has 0 N–H and O–H groups in total. The molecule has 1 unspecified atom stereocenters. The summed E-state index contributed by atoms with van der Waals surface area (Å²) in [7, 11) is 4.31. The molecule has 1 saturated heterocycles. The van der Waals surface area contributed by atoms with E-state index in [1.54, 1.807) is 12.1 Å². The Bertz CT molecular complexity index is 926. The van der Waals surface area contributed by atoms with Crippen LogP contribution in [0.2, 0.25) is 0 Å². The number of carbonyl (C=O) groups excluding carboxylic acids is 1. The van der Waals surface area contributed by atoms with Gasteiger partial charge in [-0.1, -0.05) is 0 Å². The molecule has 1 amide bonds. The number of rotatable bonds is 6. The van der Waals surface area contributed by atoms with Gasteiger partial charge in [0.2, 0.25) is 5.91 Å². The summed E-state index contributed by atoms with van der Waals surface area (Å²) in [5.41, 5.74) is -0.814. The van der Waals surface area contributed by atoms with Crippen LogP contribution in [0.25, 0.3) is 0 Å². The minimum atomic E-state index is -4.68. The molecule has 0 saturated carbocycles. The third-order valence-electron chi connectivity index (χ3n) is 4.70. The molecule has 1 aliphatic heterocycles. The predicted octanol–water partition coefficient (Wildman–Crippen LogP) is 4.64. The standard InChI is InChI=1S/C20H19F4NO4S/c1-27-12-7-16(28-2)14(17(8-12)29-3)9-25-18(26)10-30-19(25)13-6-11(21)4-5-15(13)20(22,23)24/h4-8,19H,9-10H2,1-3H3. The first-order chi connectivity index (χ1) is 14.2. The van der Waals surface area contributed by atoms with Crippen molar-refractivity contribution >= 4 is 17.7 Å². The van der Waals surface area contributed by atoms with Crippen molar-refractivity contribution in [3.63, 3.8) is 0 Å². The fraction of sp³-hybridized carbons (Fsp3) is 0.350. The van der Waals surface area contributed by atoms with Crippen molar-refractivity contribution in [2.24, 2.45) is 0 Å². The summed E-state index contributed by atoms with van der Waals surface area (Å²) in [6.45, 7) is -0.0827. The second kappa shape index (κ2) is 8.63. The van der Waals surface area contributed by atoms with Gasteiger partial charge in [-0.05, 0) is 23.8 Å². The lowest BCUT2D eigenvalue weighted by Crippen LogP contribution is -2.29. The van der Waals surface area contributed by atoms with Crippen molar-refractivity contribution in [1.82, 2.24) is 4.90 Å². The van der Waals surface area contributed by atoms with Crippen LogP contribution < -0.4 is 14.2 Å². The summed E-state index contributed by atoms with van der Waals surface area (Å²) in [5, 5.41) is -1.01. The van der Waals surface area contributed by atoms with Gasteiger partial charge in [0.05, 0.1) is 44.8 Å². The van der Waals surface area contributed by atoms with E-state index in [0.29, 0.717) is 28.9 Å². The summed E-state index contributed by atoms with van der Waals surface area (Å²) in [6.07, 6.45) is -4.68. The van der Waals surface area contributed by atoms with E-state index < -0.39 is 22.9 Å². The fourth-order valence-corrected chi connectivity index (χ4v) is 4.50. The van der Waals surface area contributed by atoms with Gasteiger partial charge in [-0.25, -0.2) is 4.39 Å². The van der Waals surface area contributed by atoms with Crippen LogP contribution in [-0.4, -0.2) is 37.9 Å². The van der Waals surface area contributed by atoms with Crippen LogP contribution >= 0.6 is 11.8 Å². The molecule has 2 aromatic rings. The first-order valence-corrected chi connectivity index (χ1v) is 9.81. The highest BCUT2D eigenvalue weighted by Gasteiger charge is 2.41. The predicted molar refractivity (Wildman–Crippen MR) is 103 cm³/mol. The zero-order chi connectivity index (χ0) is 22.1. The normalized spacial score (nSPS) is 16.7. The van der Waals surface area contributed by atoms with Crippen LogP contribution in [0, 0.1) is 5.82 Å². The molecule has 162 valence electrons. The number of methoxy groups -OCH3 is 3. The van der Waals surface area contributed by atoms with Gasteiger partial charge in [0.25, 0.3) is 0 Å². The van der Waals surface area contributed by atoms with E-state index in [4.69, 9.17) is 14.2 Å². The Hall–Kier alpha value is -2.62. The van der Waals surface area contributed by atoms with Crippen molar-refractivity contribution in [1.29, 1.82) is 0 Å². The molecule has 1 atom stereocenters. The van der Waals surface area contributed by atoms with Crippen LogP contribution in [0.4, 0.5) is 17.6 Å². The van der Waals surface area contributed by atoms with Gasteiger partial charge in [0.1, 0.15) is 28.4 Å². The third kappa shape index (κ3) is 4.28. The van der Waals surface area contributed by atoms with Gasteiger partial charge in [-0.15, -0.1) is 11.8 Å². The smallest absolute Gasteiger partial charge is 0.416 e. The number of halogens is 4. The maximum atomic E-state index is 13.8. The van der Waals surface area contributed by atoms with Crippen molar-refractivity contribution in [3.05, 3.63) is 52.8 Å². The summed E-state index contributed by atoms with van der Waals surface area (Å²) < 4.78 is 70.3. The highest BCUT2D eigenvalue weighted by atomic mass is 32.2. The number of ether oxygens (including phenoxy) is 3. The Kier molecular flexibility index (Phi) is 6.35. The maximum Gasteiger partial charge on any atom is 0.416 e. The molecule has 30 heavy (non-hydrogen) atoms. The average Bonchev–Trinajstić information content (AvgIpc) is 3.07. The Morgan fingerprint density at radius 1 is 1.07 bits per heavy atom. The van der Waals surface area contributed by atoms with Crippen LogP contribution in [0.3, 0.4) is 0 Å². The molecule has 1 heterocycles. The van der Waals surface area contributed by atoms with Crippen molar-refractivity contribution in [3.8, 4) is 17.2 Å². The van der Waals surface area contributed by atoms with Crippen molar-refractivity contribution < 1.29 is 36.6 Å². The first kappa shape index (κ1) is 22.1. The van der Waals surface area contributed by atoms with E-state index in [1.165, 1.54) is 26.2 Å². The average molecular weight is 445 g/mol. The quantitative estimate of drug-likeness (QED) is 0.606. The molecule has 0 bridgehead atoms. The van der Waals surface area contributed by atoms with Gasteiger partial charge in [0, 0.05) is 12.1 Å². The number of amides is 1. The topological polar surface area (TPSA) is 48.0 Å². The maximum absolute atomic E-state index is 13.8. The van der Waals surface area contributed by atoms with E-state index in [0.717, 1.165) is 23.9 Å². The van der Waals surface area contributed by atoms with Crippen LogP contribution in [0.1, 0.15) is 22.1 Å². The second-order valence-corrected chi connectivity index (χ2v) is 7.49. The molecular formula is C20H19F4NO4S. The zero-order valence-electron chi connectivity index (χ0n) is 16.4. The highest BCUT2D eigenvalue weighted by molar-refractivity contribution is 8.00. The summed E-state index contributed by atoms with van der Waals surface area (Å²) in [4.78, 5) is 13.8. The Morgan fingerprint density at radius 2 is 1.70 bits per heavy atom. The lowest BCUT2D eigenvalue weighted by Gasteiger charge is -2.28. The number of carbonyl (C=O) groups is 1. The van der Waals surface area contributed by atoms with Gasteiger partial charge in [0.15, 0.2) is 0 Å². The highest BCUT2D eigenvalue weighted by Crippen LogP contribution is 2.46. The third-order valence-corrected chi connectivity index (χ3v) is 5.94. The minimum Gasteiger partial charge on any atom is -0.496 e. The summed E-state index contributed by atoms with van der Waals surface area (Å²) in [5.74, 6) is -0.0514. The minimum absolute atomic E-state index is 0.0285. The second-order valence-electron chi connectivity index (χ2n) is 6.42. The fourth-order valence-electron chi connectivity index (χ4n) is 3.28. The number of alkyl halides is 3. The van der Waals surface area contributed by atoms with E-state index in [1.807, 2.05) is 0 Å². The monoisotopic (exact) mass is 445 g/mol. The summed E-state index contributed by atoms with van der Waals surface area (Å²) >= 11 is 1.01. The lowest BCUT2D eigenvalue weighted by atomic mass is 10.0. The Morgan fingerprint density at radius 3 is 2.23 bits per heavy atom. The molecule has 10 heteroatoms. The van der Waals surface area contributed by atoms with Gasteiger partial charge in [-0.3, -0.25) is 4.79 Å². The molecule has 1 fully saturated rings. The molecule has 2 aromatic carbocycles. The van der Waals surface area contributed by atoms with E-state index in [2.05, 4.69) is 0 Å². The largest absolute Gasteiger partial charge is 0.496 e.